The molecule has 3 heteroatoms. The van der Waals surface area contributed by atoms with E-state index in [1.54, 1.807) is 6.20 Å². The molecule has 94 valence electrons. The lowest BCUT2D eigenvalue weighted by Crippen LogP contribution is -2.05. The molecule has 0 radical (unpaired) electrons. The first-order chi connectivity index (χ1) is 8.79. The van der Waals surface area contributed by atoms with Crippen LogP contribution < -0.4 is 10.1 Å². The normalized spacial score (nSPS) is 10.3. The first-order valence-electron chi connectivity index (χ1n) is 6.06. The Morgan fingerprint density at radius 2 is 2.00 bits per heavy atom. The van der Waals surface area contributed by atoms with Crippen molar-refractivity contribution in [2.45, 2.75) is 20.1 Å². The standard InChI is InChI=1S/C15H18N2O/c1-12-15(7-4-8-17-12)18-11-14-6-3-5-13(9-14)10-16-2/h3-9,16H,10-11H2,1-2H3. The molecule has 0 aliphatic rings. The van der Waals surface area contributed by atoms with Crippen LogP contribution in [0.4, 0.5) is 0 Å². The first-order valence-corrected chi connectivity index (χ1v) is 6.06. The van der Waals surface area contributed by atoms with E-state index >= 15 is 0 Å². The third kappa shape index (κ3) is 3.31. The summed E-state index contributed by atoms with van der Waals surface area (Å²) in [6.45, 7) is 3.40. The number of ether oxygens (including phenoxy) is 1. The van der Waals surface area contributed by atoms with Crippen molar-refractivity contribution in [3.05, 3.63) is 59.4 Å². The number of benzene rings is 1. The van der Waals surface area contributed by atoms with E-state index in [2.05, 4.69) is 34.6 Å². The van der Waals surface area contributed by atoms with Crippen LogP contribution in [0.2, 0.25) is 0 Å². The molecule has 1 aromatic carbocycles. The minimum absolute atomic E-state index is 0.573. The van der Waals surface area contributed by atoms with Crippen LogP contribution in [0.1, 0.15) is 16.8 Å². The molecule has 0 amide bonds. The van der Waals surface area contributed by atoms with Gasteiger partial charge in [0.25, 0.3) is 0 Å². The van der Waals surface area contributed by atoms with Crippen molar-refractivity contribution in [1.82, 2.24) is 10.3 Å². The third-order valence-corrected chi connectivity index (χ3v) is 2.73. The number of pyridine rings is 1. The Kier molecular flexibility index (Phi) is 4.31. The maximum atomic E-state index is 5.77. The molecule has 0 saturated heterocycles. The summed E-state index contributed by atoms with van der Waals surface area (Å²) >= 11 is 0. The van der Waals surface area contributed by atoms with E-state index in [1.807, 2.05) is 26.1 Å². The Bertz CT molecular complexity index is 511. The Morgan fingerprint density at radius 3 is 2.78 bits per heavy atom. The third-order valence-electron chi connectivity index (χ3n) is 2.73. The highest BCUT2D eigenvalue weighted by Gasteiger charge is 2.00. The van der Waals surface area contributed by atoms with Gasteiger partial charge >= 0.3 is 0 Å². The minimum atomic E-state index is 0.573. The van der Waals surface area contributed by atoms with Gasteiger partial charge in [0.05, 0.1) is 5.69 Å². The number of aromatic nitrogens is 1. The molecule has 1 heterocycles. The second kappa shape index (κ2) is 6.17. The van der Waals surface area contributed by atoms with Crippen LogP contribution in [0.3, 0.4) is 0 Å². The number of rotatable bonds is 5. The number of nitrogens with zero attached hydrogens (tertiary/aromatic N) is 1. The van der Waals surface area contributed by atoms with Crippen LogP contribution >= 0.6 is 0 Å². The second-order valence-corrected chi connectivity index (χ2v) is 4.23. The molecule has 1 aromatic heterocycles. The molecule has 0 bridgehead atoms. The average molecular weight is 242 g/mol. The van der Waals surface area contributed by atoms with Crippen LogP contribution in [-0.2, 0) is 13.2 Å². The molecule has 1 N–H and O–H groups in total. The van der Waals surface area contributed by atoms with Crippen molar-refractivity contribution < 1.29 is 4.74 Å². The highest BCUT2D eigenvalue weighted by molar-refractivity contribution is 5.27. The lowest BCUT2D eigenvalue weighted by Gasteiger charge is -2.09. The molecular weight excluding hydrogens is 224 g/mol. The number of hydrogen-bond acceptors (Lipinski definition) is 3. The van der Waals surface area contributed by atoms with E-state index in [4.69, 9.17) is 4.74 Å². The van der Waals surface area contributed by atoms with Crippen LogP contribution in [0.15, 0.2) is 42.6 Å². The molecule has 18 heavy (non-hydrogen) atoms. The van der Waals surface area contributed by atoms with Gasteiger partial charge in [0.15, 0.2) is 0 Å². The van der Waals surface area contributed by atoms with Gasteiger partial charge in [-0.2, -0.15) is 0 Å². The van der Waals surface area contributed by atoms with Crippen molar-refractivity contribution in [3.63, 3.8) is 0 Å². The van der Waals surface area contributed by atoms with Crippen molar-refractivity contribution in [3.8, 4) is 5.75 Å². The Hall–Kier alpha value is -1.87. The fourth-order valence-corrected chi connectivity index (χ4v) is 1.82. The summed E-state index contributed by atoms with van der Waals surface area (Å²) in [5, 5.41) is 3.14. The van der Waals surface area contributed by atoms with Gasteiger partial charge in [-0.15, -0.1) is 0 Å². The molecule has 3 nitrogen and oxygen atoms in total. The van der Waals surface area contributed by atoms with Crippen molar-refractivity contribution >= 4 is 0 Å². The summed E-state index contributed by atoms with van der Waals surface area (Å²) in [4.78, 5) is 4.20. The highest BCUT2D eigenvalue weighted by atomic mass is 16.5. The van der Waals surface area contributed by atoms with Gasteiger partial charge in [-0.05, 0) is 37.2 Å². The predicted octanol–water partition coefficient (Wildman–Crippen LogP) is 2.69. The van der Waals surface area contributed by atoms with E-state index in [1.165, 1.54) is 11.1 Å². The maximum absolute atomic E-state index is 5.77. The topological polar surface area (TPSA) is 34.1 Å². The predicted molar refractivity (Wildman–Crippen MR) is 72.5 cm³/mol. The summed E-state index contributed by atoms with van der Waals surface area (Å²) < 4.78 is 5.77. The summed E-state index contributed by atoms with van der Waals surface area (Å²) in [7, 11) is 1.95. The van der Waals surface area contributed by atoms with Crippen molar-refractivity contribution in [1.29, 1.82) is 0 Å². The van der Waals surface area contributed by atoms with E-state index in [0.717, 1.165) is 18.0 Å². The zero-order valence-electron chi connectivity index (χ0n) is 10.8. The average Bonchev–Trinajstić information content (AvgIpc) is 2.39. The van der Waals surface area contributed by atoms with Crippen molar-refractivity contribution in [2.75, 3.05) is 7.05 Å². The molecule has 0 atom stereocenters. The molecule has 2 aromatic rings. The van der Waals surface area contributed by atoms with E-state index in [-0.39, 0.29) is 0 Å². The summed E-state index contributed by atoms with van der Waals surface area (Å²) in [5.74, 6) is 0.844. The van der Waals surface area contributed by atoms with Gasteiger partial charge in [-0.3, -0.25) is 4.98 Å². The molecule has 0 unspecified atom stereocenters. The van der Waals surface area contributed by atoms with Crippen molar-refractivity contribution in [2.24, 2.45) is 0 Å². The second-order valence-electron chi connectivity index (χ2n) is 4.23. The van der Waals surface area contributed by atoms with Gasteiger partial charge < -0.3 is 10.1 Å². The van der Waals surface area contributed by atoms with E-state index in [0.29, 0.717) is 6.61 Å². The summed E-state index contributed by atoms with van der Waals surface area (Å²) in [6, 6.07) is 12.2. The number of aryl methyl sites for hydroxylation is 1. The molecule has 0 spiro atoms. The molecule has 0 aliphatic carbocycles. The van der Waals surface area contributed by atoms with Gasteiger partial charge in [0.2, 0.25) is 0 Å². The SMILES string of the molecule is CNCc1cccc(COc2cccnc2C)c1. The fourth-order valence-electron chi connectivity index (χ4n) is 1.82. The Balaban J connectivity index is 2.02. The summed E-state index contributed by atoms with van der Waals surface area (Å²) in [5.41, 5.74) is 3.36. The van der Waals surface area contributed by atoms with Crippen LogP contribution in [0.5, 0.6) is 5.75 Å². The summed E-state index contributed by atoms with van der Waals surface area (Å²) in [6.07, 6.45) is 1.77. The smallest absolute Gasteiger partial charge is 0.141 e. The zero-order valence-corrected chi connectivity index (χ0v) is 10.8. The molecular formula is C15H18N2O. The van der Waals surface area contributed by atoms with Gasteiger partial charge in [0, 0.05) is 12.7 Å². The van der Waals surface area contributed by atoms with Gasteiger partial charge in [-0.25, -0.2) is 0 Å². The fraction of sp³-hybridized carbons (Fsp3) is 0.267. The zero-order chi connectivity index (χ0) is 12.8. The van der Waals surface area contributed by atoms with Gasteiger partial charge in [0.1, 0.15) is 12.4 Å². The van der Waals surface area contributed by atoms with Crippen LogP contribution in [0.25, 0.3) is 0 Å². The monoisotopic (exact) mass is 242 g/mol. The maximum Gasteiger partial charge on any atom is 0.141 e. The molecule has 0 saturated carbocycles. The number of hydrogen-bond donors (Lipinski definition) is 1. The minimum Gasteiger partial charge on any atom is -0.487 e. The Morgan fingerprint density at radius 1 is 1.17 bits per heavy atom. The van der Waals surface area contributed by atoms with Crippen LogP contribution in [0, 0.1) is 6.92 Å². The van der Waals surface area contributed by atoms with E-state index in [9.17, 15) is 0 Å². The van der Waals surface area contributed by atoms with E-state index < -0.39 is 0 Å². The number of nitrogens with one attached hydrogen (secondary N) is 1. The molecule has 0 aliphatic heterocycles. The first kappa shape index (κ1) is 12.6. The quantitative estimate of drug-likeness (QED) is 0.875. The molecule has 2 rings (SSSR count). The molecule has 0 fully saturated rings. The van der Waals surface area contributed by atoms with Gasteiger partial charge in [-0.1, -0.05) is 24.3 Å². The lowest BCUT2D eigenvalue weighted by atomic mass is 10.1. The lowest BCUT2D eigenvalue weighted by molar-refractivity contribution is 0.302. The van der Waals surface area contributed by atoms with Crippen LogP contribution in [-0.4, -0.2) is 12.0 Å². The largest absolute Gasteiger partial charge is 0.487 e. The Labute approximate surface area is 108 Å². The highest BCUT2D eigenvalue weighted by Crippen LogP contribution is 2.16.